The summed E-state index contributed by atoms with van der Waals surface area (Å²) in [5, 5.41) is 0. The number of halogens is 3. The number of ketones is 1. The Bertz CT molecular complexity index is 396. The Kier molecular flexibility index (Phi) is 5.15. The van der Waals surface area contributed by atoms with Crippen molar-refractivity contribution < 1.29 is 23.0 Å². The van der Waals surface area contributed by atoms with E-state index in [-0.39, 0.29) is 35.1 Å². The molecule has 0 saturated carbocycles. The van der Waals surface area contributed by atoms with E-state index >= 15 is 0 Å². The predicted molar refractivity (Wildman–Crippen MR) is 59.3 cm³/mol. The molecule has 0 radical (unpaired) electrons. The molecular weight excluding hydrogens is 254 g/mol. The van der Waals surface area contributed by atoms with Gasteiger partial charge in [-0.3, -0.25) is 4.79 Å². The largest absolute Gasteiger partial charge is 0.492 e. The van der Waals surface area contributed by atoms with Crippen molar-refractivity contribution in [3.8, 4) is 11.5 Å². The van der Waals surface area contributed by atoms with Gasteiger partial charge in [0.25, 0.3) is 0 Å². The van der Waals surface area contributed by atoms with Gasteiger partial charge in [0.1, 0.15) is 0 Å². The molecule has 94 valence electrons. The number of rotatable bonds is 6. The van der Waals surface area contributed by atoms with Crippen LogP contribution in [0.1, 0.15) is 16.8 Å². The normalized spacial score (nSPS) is 10.4. The van der Waals surface area contributed by atoms with Crippen molar-refractivity contribution >= 4 is 17.4 Å². The van der Waals surface area contributed by atoms with Crippen LogP contribution in [-0.2, 0) is 0 Å². The van der Waals surface area contributed by atoms with Gasteiger partial charge in [-0.2, -0.15) is 8.78 Å². The van der Waals surface area contributed by atoms with Crippen molar-refractivity contribution in [2.45, 2.75) is 13.0 Å². The quantitative estimate of drug-likeness (QED) is 0.585. The van der Waals surface area contributed by atoms with Crippen LogP contribution >= 0.6 is 11.6 Å². The van der Waals surface area contributed by atoms with E-state index in [1.165, 1.54) is 25.3 Å². The molecule has 1 aromatic rings. The number of carbonyl (C=O) groups excluding carboxylic acids is 1. The number of benzene rings is 1. The maximum Gasteiger partial charge on any atom is 0.387 e. The summed E-state index contributed by atoms with van der Waals surface area (Å²) in [4.78, 5) is 11.7. The van der Waals surface area contributed by atoms with Crippen LogP contribution < -0.4 is 9.47 Å². The van der Waals surface area contributed by atoms with Gasteiger partial charge in [-0.15, -0.1) is 11.6 Å². The van der Waals surface area contributed by atoms with Crippen molar-refractivity contribution in [3.63, 3.8) is 0 Å². The molecule has 0 heterocycles. The molecule has 6 heteroatoms. The van der Waals surface area contributed by atoms with E-state index in [0.29, 0.717) is 0 Å². The van der Waals surface area contributed by atoms with Crippen molar-refractivity contribution in [3.05, 3.63) is 23.8 Å². The lowest BCUT2D eigenvalue weighted by atomic mass is 10.1. The van der Waals surface area contributed by atoms with E-state index in [2.05, 4.69) is 4.74 Å². The summed E-state index contributed by atoms with van der Waals surface area (Å²) in [6, 6.07) is 4.23. The Morgan fingerprint density at radius 2 is 2.18 bits per heavy atom. The number of ether oxygens (including phenoxy) is 2. The Hall–Kier alpha value is -1.36. The first-order chi connectivity index (χ1) is 8.10. The second-order valence-corrected chi connectivity index (χ2v) is 3.46. The van der Waals surface area contributed by atoms with Crippen LogP contribution in [0.4, 0.5) is 8.78 Å². The Labute approximate surface area is 102 Å². The van der Waals surface area contributed by atoms with Crippen molar-refractivity contribution in [2.24, 2.45) is 0 Å². The predicted octanol–water partition coefficient (Wildman–Crippen LogP) is 3.11. The molecule has 1 aromatic carbocycles. The standard InChI is InChI=1S/C11H11ClF2O3/c1-16-10-7(8(15)5-6-12)3-2-4-9(10)17-11(13)14/h2-4,11H,5-6H2,1H3. The van der Waals surface area contributed by atoms with Gasteiger partial charge in [0.2, 0.25) is 0 Å². The molecule has 0 aliphatic carbocycles. The molecule has 3 nitrogen and oxygen atoms in total. The molecule has 0 spiro atoms. The van der Waals surface area contributed by atoms with Crippen LogP contribution in [0, 0.1) is 0 Å². The minimum absolute atomic E-state index is 0.00270. The van der Waals surface area contributed by atoms with Crippen LogP contribution in [-0.4, -0.2) is 25.4 Å². The maximum absolute atomic E-state index is 12.1. The third kappa shape index (κ3) is 3.56. The first-order valence-electron chi connectivity index (χ1n) is 4.81. The lowest BCUT2D eigenvalue weighted by Crippen LogP contribution is -2.07. The number of alkyl halides is 3. The zero-order chi connectivity index (χ0) is 12.8. The number of para-hydroxylation sites is 1. The van der Waals surface area contributed by atoms with E-state index in [9.17, 15) is 13.6 Å². The Balaban J connectivity index is 3.09. The highest BCUT2D eigenvalue weighted by Gasteiger charge is 2.18. The summed E-state index contributed by atoms with van der Waals surface area (Å²) >= 11 is 5.45. The number of methoxy groups -OCH3 is 1. The molecule has 0 aromatic heterocycles. The topological polar surface area (TPSA) is 35.5 Å². The van der Waals surface area contributed by atoms with E-state index < -0.39 is 6.61 Å². The Morgan fingerprint density at radius 1 is 1.47 bits per heavy atom. The maximum atomic E-state index is 12.1. The van der Waals surface area contributed by atoms with E-state index in [1.807, 2.05) is 0 Å². The third-order valence-electron chi connectivity index (χ3n) is 2.02. The van der Waals surface area contributed by atoms with Gasteiger partial charge in [-0.05, 0) is 12.1 Å². The van der Waals surface area contributed by atoms with Gasteiger partial charge in [0.15, 0.2) is 17.3 Å². The van der Waals surface area contributed by atoms with E-state index in [4.69, 9.17) is 16.3 Å². The average molecular weight is 265 g/mol. The molecule has 17 heavy (non-hydrogen) atoms. The molecule has 0 atom stereocenters. The van der Waals surface area contributed by atoms with Gasteiger partial charge in [0.05, 0.1) is 12.7 Å². The minimum Gasteiger partial charge on any atom is -0.492 e. The first kappa shape index (κ1) is 13.7. The first-order valence-corrected chi connectivity index (χ1v) is 5.34. The number of carbonyl (C=O) groups is 1. The van der Waals surface area contributed by atoms with E-state index in [1.54, 1.807) is 0 Å². The fourth-order valence-electron chi connectivity index (χ4n) is 1.36. The second kappa shape index (κ2) is 6.39. The molecule has 0 saturated heterocycles. The summed E-state index contributed by atoms with van der Waals surface area (Å²) in [5.41, 5.74) is 0.186. The molecule has 0 unspecified atom stereocenters. The van der Waals surface area contributed by atoms with Crippen molar-refractivity contribution in [2.75, 3.05) is 13.0 Å². The van der Waals surface area contributed by atoms with Gasteiger partial charge in [0, 0.05) is 12.3 Å². The molecule has 0 aliphatic rings. The van der Waals surface area contributed by atoms with Gasteiger partial charge in [-0.25, -0.2) is 0 Å². The molecule has 0 bridgehead atoms. The second-order valence-electron chi connectivity index (χ2n) is 3.08. The van der Waals surface area contributed by atoms with Crippen LogP contribution in [0.2, 0.25) is 0 Å². The van der Waals surface area contributed by atoms with Crippen molar-refractivity contribution in [1.82, 2.24) is 0 Å². The van der Waals surface area contributed by atoms with Crippen LogP contribution in [0.15, 0.2) is 18.2 Å². The summed E-state index contributed by atoms with van der Waals surface area (Å²) in [6.07, 6.45) is 0.107. The number of Topliss-reactive ketones (excluding diaryl/α,β-unsaturated/α-hetero) is 1. The van der Waals surface area contributed by atoms with Crippen molar-refractivity contribution in [1.29, 1.82) is 0 Å². The molecule has 0 amide bonds. The third-order valence-corrected chi connectivity index (χ3v) is 2.21. The molecule has 0 N–H and O–H groups in total. The highest BCUT2D eigenvalue weighted by Crippen LogP contribution is 2.32. The lowest BCUT2D eigenvalue weighted by molar-refractivity contribution is -0.0512. The van der Waals surface area contributed by atoms with Crippen LogP contribution in [0.5, 0.6) is 11.5 Å². The smallest absolute Gasteiger partial charge is 0.387 e. The average Bonchev–Trinajstić information content (AvgIpc) is 2.28. The van der Waals surface area contributed by atoms with Crippen LogP contribution in [0.25, 0.3) is 0 Å². The number of hydrogen-bond donors (Lipinski definition) is 0. The minimum atomic E-state index is -2.97. The molecular formula is C11H11ClF2O3. The van der Waals surface area contributed by atoms with Gasteiger partial charge < -0.3 is 9.47 Å². The van der Waals surface area contributed by atoms with Gasteiger partial charge in [-0.1, -0.05) is 6.07 Å². The van der Waals surface area contributed by atoms with Gasteiger partial charge >= 0.3 is 6.61 Å². The SMILES string of the molecule is COc1c(OC(F)F)cccc1C(=O)CCCl. The Morgan fingerprint density at radius 3 is 2.71 bits per heavy atom. The summed E-state index contributed by atoms with van der Waals surface area (Å²) < 4.78 is 33.5. The fraction of sp³-hybridized carbons (Fsp3) is 0.364. The lowest BCUT2D eigenvalue weighted by Gasteiger charge is -2.12. The summed E-state index contributed by atoms with van der Waals surface area (Å²) in [5.74, 6) is -0.288. The fourth-order valence-corrected chi connectivity index (χ4v) is 1.53. The zero-order valence-corrected chi connectivity index (χ0v) is 9.84. The highest BCUT2D eigenvalue weighted by atomic mass is 35.5. The molecule has 0 aliphatic heterocycles. The monoisotopic (exact) mass is 264 g/mol. The van der Waals surface area contributed by atoms with E-state index in [0.717, 1.165) is 0 Å². The summed E-state index contributed by atoms with van der Waals surface area (Å²) in [6.45, 7) is -2.97. The highest BCUT2D eigenvalue weighted by molar-refractivity contribution is 6.19. The summed E-state index contributed by atoms with van der Waals surface area (Å²) in [7, 11) is 1.28. The zero-order valence-electron chi connectivity index (χ0n) is 9.08. The molecule has 1 rings (SSSR count). The molecule has 0 fully saturated rings. The number of hydrogen-bond acceptors (Lipinski definition) is 3. The van der Waals surface area contributed by atoms with Crippen LogP contribution in [0.3, 0.4) is 0 Å².